The summed E-state index contributed by atoms with van der Waals surface area (Å²) in [5.74, 6) is -2.28. The molecule has 0 saturated heterocycles. The van der Waals surface area contributed by atoms with Gasteiger partial charge in [0.2, 0.25) is 11.3 Å². The molecule has 218 valence electrons. The Morgan fingerprint density at radius 2 is 1.90 bits per heavy atom. The first-order valence-corrected chi connectivity index (χ1v) is 13.6. The minimum atomic E-state index is -1.07. The zero-order valence-electron chi connectivity index (χ0n) is 22.8. The Bertz CT molecular complexity index is 1830. The number of fused-ring (bicyclic) bond motifs is 2. The number of aromatic hydroxyl groups is 1. The average molecular weight is 594 g/mol. The first-order valence-electron chi connectivity index (χ1n) is 13.2. The molecule has 14 heteroatoms. The zero-order valence-corrected chi connectivity index (χ0v) is 23.5. The van der Waals surface area contributed by atoms with Gasteiger partial charge < -0.3 is 25.2 Å². The summed E-state index contributed by atoms with van der Waals surface area (Å²) < 4.78 is 2.70. The monoisotopic (exact) mass is 593 g/mol. The third-order valence-electron chi connectivity index (χ3n) is 7.09. The molecule has 4 N–H and O–H groups in total. The first-order chi connectivity index (χ1) is 20.0. The number of amides is 3. The molecule has 1 aliphatic heterocycles. The Labute approximate surface area is 243 Å². The molecule has 3 aromatic heterocycles. The van der Waals surface area contributed by atoms with Crippen molar-refractivity contribution in [2.45, 2.75) is 45.4 Å². The van der Waals surface area contributed by atoms with E-state index in [2.05, 4.69) is 20.8 Å². The Balaban J connectivity index is 1.40. The van der Waals surface area contributed by atoms with Crippen LogP contribution >= 0.6 is 11.6 Å². The van der Waals surface area contributed by atoms with Gasteiger partial charge in [-0.05, 0) is 43.7 Å². The number of nitrogens with zero attached hydrogens (tertiary/aromatic N) is 4. The Hall–Kier alpha value is -4.91. The van der Waals surface area contributed by atoms with Gasteiger partial charge in [-0.2, -0.15) is 5.10 Å². The summed E-state index contributed by atoms with van der Waals surface area (Å²) in [5.41, 5.74) is 0.0842. The molecular weight excluding hydrogens is 566 g/mol. The van der Waals surface area contributed by atoms with Gasteiger partial charge in [-0.3, -0.25) is 19.2 Å². The highest BCUT2D eigenvalue weighted by Gasteiger charge is 2.31. The van der Waals surface area contributed by atoms with Gasteiger partial charge in [0, 0.05) is 48.5 Å². The van der Waals surface area contributed by atoms with Crippen molar-refractivity contribution in [2.24, 2.45) is 0 Å². The number of carbonyl (C=O) groups is 3. The molecule has 0 unspecified atom stereocenters. The maximum absolute atomic E-state index is 13.5. The fourth-order valence-corrected chi connectivity index (χ4v) is 5.15. The number of hydrogen-bond acceptors (Lipinski definition) is 7. The maximum Gasteiger partial charge on any atom is 0.347 e. The van der Waals surface area contributed by atoms with Crippen molar-refractivity contribution in [2.75, 3.05) is 6.54 Å². The summed E-state index contributed by atoms with van der Waals surface area (Å²) >= 11 is 6.13. The SMILES string of the molecule is CC(C)N1CCn2c(CNC(=O)[C@@H](Cc3cccc(Cl)c3)NC(=O)c3ccc4n[nH]c(=O)n4c3)cc(=O)c(O)c2C1=O. The molecule has 13 nitrogen and oxygen atoms in total. The molecule has 4 heterocycles. The van der Waals surface area contributed by atoms with Crippen molar-refractivity contribution in [3.05, 3.63) is 96.9 Å². The molecule has 0 aliphatic carbocycles. The van der Waals surface area contributed by atoms with Crippen molar-refractivity contribution >= 4 is 35.0 Å². The number of H-pyrrole nitrogens is 1. The van der Waals surface area contributed by atoms with Gasteiger partial charge in [0.1, 0.15) is 6.04 Å². The lowest BCUT2D eigenvalue weighted by Gasteiger charge is -2.34. The number of pyridine rings is 2. The van der Waals surface area contributed by atoms with Crippen molar-refractivity contribution in [1.29, 1.82) is 0 Å². The standard InChI is InChI=1S/C28H28ClN7O6/c1-15(2)34-8-9-35-19(12-21(37)24(38)23(35)27(34)41)13-30-26(40)20(11-16-4-3-5-18(29)10-16)31-25(39)17-6-7-22-32-33-28(42)36(22)14-17/h3-7,10,12,14-15,20,38H,8-9,11,13H2,1-2H3,(H,30,40)(H,31,39)(H,33,42)/t20-/m1/s1. The van der Waals surface area contributed by atoms with E-state index < -0.39 is 40.6 Å². The smallest absolute Gasteiger partial charge is 0.347 e. The summed E-state index contributed by atoms with van der Waals surface area (Å²) in [5, 5.41) is 22.5. The van der Waals surface area contributed by atoms with Crippen molar-refractivity contribution in [1.82, 2.24) is 34.7 Å². The summed E-state index contributed by atoms with van der Waals surface area (Å²) in [4.78, 5) is 65.8. The summed E-state index contributed by atoms with van der Waals surface area (Å²) in [6, 6.07) is 9.79. The fraction of sp³-hybridized carbons (Fsp3) is 0.286. The minimum Gasteiger partial charge on any atom is -0.503 e. The largest absolute Gasteiger partial charge is 0.503 e. The van der Waals surface area contributed by atoms with Crippen LogP contribution in [0.4, 0.5) is 0 Å². The number of benzene rings is 1. The summed E-state index contributed by atoms with van der Waals surface area (Å²) in [6.07, 6.45) is 1.40. The normalized spacial score (nSPS) is 13.7. The average Bonchev–Trinajstić information content (AvgIpc) is 3.33. The molecular formula is C28H28ClN7O6. The van der Waals surface area contributed by atoms with E-state index in [1.165, 1.54) is 33.4 Å². The van der Waals surface area contributed by atoms with Gasteiger partial charge in [-0.25, -0.2) is 14.3 Å². The molecule has 0 fully saturated rings. The number of carbonyl (C=O) groups excluding carboxylic acids is 3. The van der Waals surface area contributed by atoms with Gasteiger partial charge in [0.15, 0.2) is 17.1 Å². The molecule has 5 rings (SSSR count). The topological polar surface area (TPSA) is 171 Å². The van der Waals surface area contributed by atoms with E-state index in [4.69, 9.17) is 11.6 Å². The number of rotatable bonds is 8. The van der Waals surface area contributed by atoms with Crippen LogP contribution in [-0.4, -0.2) is 65.5 Å². The molecule has 0 radical (unpaired) electrons. The second-order valence-electron chi connectivity index (χ2n) is 10.2. The third-order valence-corrected chi connectivity index (χ3v) is 7.33. The predicted octanol–water partition coefficient (Wildman–Crippen LogP) is 1.06. The highest BCUT2D eigenvalue weighted by atomic mass is 35.5. The van der Waals surface area contributed by atoms with Gasteiger partial charge in [0.05, 0.1) is 12.1 Å². The number of aromatic amines is 1. The number of halogens is 1. The van der Waals surface area contributed by atoms with Crippen LogP contribution in [0.15, 0.2) is 58.3 Å². The number of nitrogens with one attached hydrogen (secondary N) is 3. The number of aromatic nitrogens is 4. The Morgan fingerprint density at radius 3 is 2.64 bits per heavy atom. The number of hydrogen-bond donors (Lipinski definition) is 4. The Kier molecular flexibility index (Phi) is 7.85. The first kappa shape index (κ1) is 28.6. The summed E-state index contributed by atoms with van der Waals surface area (Å²) in [6.45, 7) is 4.22. The van der Waals surface area contributed by atoms with Gasteiger partial charge in [0.25, 0.3) is 11.8 Å². The van der Waals surface area contributed by atoms with Crippen LogP contribution < -0.4 is 21.8 Å². The minimum absolute atomic E-state index is 0.0848. The summed E-state index contributed by atoms with van der Waals surface area (Å²) in [7, 11) is 0. The Morgan fingerprint density at radius 1 is 1.12 bits per heavy atom. The molecule has 0 spiro atoms. The second kappa shape index (κ2) is 11.5. The van der Waals surface area contributed by atoms with E-state index in [1.54, 1.807) is 29.2 Å². The second-order valence-corrected chi connectivity index (χ2v) is 10.6. The molecule has 1 aliphatic rings. The van der Waals surface area contributed by atoms with Gasteiger partial charge >= 0.3 is 5.69 Å². The van der Waals surface area contributed by atoms with Crippen LogP contribution in [0.2, 0.25) is 5.02 Å². The van der Waals surface area contributed by atoms with Crippen molar-refractivity contribution in [3.8, 4) is 5.75 Å². The van der Waals surface area contributed by atoms with Crippen molar-refractivity contribution < 1.29 is 19.5 Å². The lowest BCUT2D eigenvalue weighted by atomic mass is 10.0. The van der Waals surface area contributed by atoms with E-state index >= 15 is 0 Å². The van der Waals surface area contributed by atoms with Gasteiger partial charge in [-0.1, -0.05) is 23.7 Å². The van der Waals surface area contributed by atoms with E-state index in [9.17, 15) is 29.1 Å². The molecule has 3 amide bonds. The van der Waals surface area contributed by atoms with Crippen LogP contribution in [0, 0.1) is 0 Å². The van der Waals surface area contributed by atoms with Crippen LogP contribution in [0.25, 0.3) is 5.65 Å². The zero-order chi connectivity index (χ0) is 30.1. The molecule has 42 heavy (non-hydrogen) atoms. The van der Waals surface area contributed by atoms with Crippen LogP contribution in [0.5, 0.6) is 5.75 Å². The fourth-order valence-electron chi connectivity index (χ4n) is 4.93. The van der Waals surface area contributed by atoms with Gasteiger partial charge in [-0.15, -0.1) is 0 Å². The third kappa shape index (κ3) is 5.63. The van der Waals surface area contributed by atoms with Crippen LogP contribution in [0.1, 0.15) is 46.0 Å². The van der Waals surface area contributed by atoms with E-state index in [1.807, 2.05) is 13.8 Å². The van der Waals surface area contributed by atoms with Crippen LogP contribution in [0.3, 0.4) is 0 Å². The molecule has 4 aromatic rings. The lowest BCUT2D eigenvalue weighted by molar-refractivity contribution is -0.123. The quantitative estimate of drug-likeness (QED) is 0.237. The molecule has 1 atom stereocenters. The highest BCUT2D eigenvalue weighted by Crippen LogP contribution is 2.23. The van der Waals surface area contributed by atoms with Crippen LogP contribution in [-0.2, 0) is 24.3 Å². The molecule has 1 aromatic carbocycles. The lowest BCUT2D eigenvalue weighted by Crippen LogP contribution is -2.49. The van der Waals surface area contributed by atoms with E-state index in [-0.39, 0.29) is 30.3 Å². The molecule has 0 bridgehead atoms. The maximum atomic E-state index is 13.5. The molecule has 0 saturated carbocycles. The highest BCUT2D eigenvalue weighted by molar-refractivity contribution is 6.30. The van der Waals surface area contributed by atoms with E-state index in [0.29, 0.717) is 35.0 Å². The van der Waals surface area contributed by atoms with E-state index in [0.717, 1.165) is 0 Å². The predicted molar refractivity (Wildman–Crippen MR) is 153 cm³/mol. The van der Waals surface area contributed by atoms with Crippen molar-refractivity contribution in [3.63, 3.8) is 0 Å².